The van der Waals surface area contributed by atoms with Crippen molar-refractivity contribution in [2.24, 2.45) is 0 Å². The van der Waals surface area contributed by atoms with Crippen LogP contribution in [0.25, 0.3) is 98.0 Å². The second kappa shape index (κ2) is 12.0. The van der Waals surface area contributed by atoms with Crippen LogP contribution in [0.1, 0.15) is 0 Å². The molecular weight excluding hydrogens is 633 g/mol. The Morgan fingerprint density at radius 2 is 0.769 bits per heavy atom. The van der Waals surface area contributed by atoms with Crippen LogP contribution in [0.3, 0.4) is 0 Å². The molecule has 0 aliphatic carbocycles. The monoisotopic (exact) mass is 666 g/mol. The standard InChI is InChI=1S/C50H34O2/c1-51-39-22-20-32-24-37(18-16-34(32)26-39)49-42-14-8-9-15-43(42)50(38-19-17-35-27-40(52-2)23-21-33(35)25-38)48-30-46-44(31-10-4-3-5-11-31)28-36-12-6-7-13-41(36)45(46)29-47(48)49/h3-30H,1-2H3. The highest BCUT2D eigenvalue weighted by atomic mass is 16.5. The summed E-state index contributed by atoms with van der Waals surface area (Å²) in [5.74, 6) is 1.73. The molecular formula is C50H34O2. The van der Waals surface area contributed by atoms with Crippen LogP contribution in [0.2, 0.25) is 0 Å². The maximum Gasteiger partial charge on any atom is 0.119 e. The molecule has 0 aromatic heterocycles. The summed E-state index contributed by atoms with van der Waals surface area (Å²) in [6, 6.07) is 62.1. The van der Waals surface area contributed by atoms with Crippen LogP contribution in [0.4, 0.5) is 0 Å². The number of methoxy groups -OCH3 is 2. The zero-order valence-electron chi connectivity index (χ0n) is 29.0. The van der Waals surface area contributed by atoms with Crippen molar-refractivity contribution >= 4 is 64.6 Å². The SMILES string of the molecule is COc1ccc2cc(-c3c4ccccc4c(-c4ccc5cc(OC)ccc5c4)c4cc5c(cc34)c(-c3ccccc3)cc3ccccc35)ccc2c1. The predicted octanol–water partition coefficient (Wildman–Crippen LogP) is 13.6. The number of rotatable bonds is 5. The summed E-state index contributed by atoms with van der Waals surface area (Å²) in [7, 11) is 3.44. The predicted molar refractivity (Wildman–Crippen MR) is 221 cm³/mol. The molecule has 0 atom stereocenters. The lowest BCUT2D eigenvalue weighted by molar-refractivity contribution is 0.415. The third-order valence-corrected chi connectivity index (χ3v) is 10.8. The van der Waals surface area contributed by atoms with Crippen LogP contribution in [0.15, 0.2) is 170 Å². The Bertz CT molecular complexity index is 3030. The fourth-order valence-electron chi connectivity index (χ4n) is 8.26. The van der Waals surface area contributed by atoms with Gasteiger partial charge in [0.25, 0.3) is 0 Å². The Hall–Kier alpha value is -6.64. The third-order valence-electron chi connectivity index (χ3n) is 10.8. The average molecular weight is 667 g/mol. The van der Waals surface area contributed by atoms with E-state index in [4.69, 9.17) is 9.47 Å². The summed E-state index contributed by atoms with van der Waals surface area (Å²) in [6.07, 6.45) is 0. The molecule has 52 heavy (non-hydrogen) atoms. The van der Waals surface area contributed by atoms with Gasteiger partial charge in [-0.2, -0.15) is 0 Å². The first-order chi connectivity index (χ1) is 25.7. The van der Waals surface area contributed by atoms with Crippen molar-refractivity contribution in [1.82, 2.24) is 0 Å². The lowest BCUT2D eigenvalue weighted by atomic mass is 9.82. The smallest absolute Gasteiger partial charge is 0.119 e. The van der Waals surface area contributed by atoms with E-state index in [1.807, 2.05) is 12.1 Å². The number of fused-ring (bicyclic) bond motifs is 7. The van der Waals surface area contributed by atoms with Crippen molar-refractivity contribution in [3.8, 4) is 44.9 Å². The van der Waals surface area contributed by atoms with Crippen LogP contribution >= 0.6 is 0 Å². The van der Waals surface area contributed by atoms with Gasteiger partial charge < -0.3 is 9.47 Å². The van der Waals surface area contributed by atoms with Crippen molar-refractivity contribution in [2.45, 2.75) is 0 Å². The first-order valence-corrected chi connectivity index (χ1v) is 17.7. The molecule has 0 fully saturated rings. The van der Waals surface area contributed by atoms with E-state index in [-0.39, 0.29) is 0 Å². The largest absolute Gasteiger partial charge is 0.497 e. The zero-order valence-corrected chi connectivity index (χ0v) is 29.0. The van der Waals surface area contributed by atoms with Crippen molar-refractivity contribution in [3.63, 3.8) is 0 Å². The lowest BCUT2D eigenvalue weighted by Crippen LogP contribution is -1.93. The second-order valence-electron chi connectivity index (χ2n) is 13.6. The van der Waals surface area contributed by atoms with Crippen LogP contribution in [0, 0.1) is 0 Å². The van der Waals surface area contributed by atoms with E-state index in [0.717, 1.165) is 22.3 Å². The summed E-state index contributed by atoms with van der Waals surface area (Å²) in [6.45, 7) is 0. The average Bonchev–Trinajstić information content (AvgIpc) is 3.21. The fourth-order valence-corrected chi connectivity index (χ4v) is 8.26. The molecule has 10 rings (SSSR count). The Balaban J connectivity index is 1.38. The topological polar surface area (TPSA) is 18.5 Å². The molecule has 0 radical (unpaired) electrons. The van der Waals surface area contributed by atoms with Gasteiger partial charge in [-0.1, -0.05) is 115 Å². The molecule has 0 unspecified atom stereocenters. The van der Waals surface area contributed by atoms with Gasteiger partial charge in [0.05, 0.1) is 14.2 Å². The molecule has 0 aliphatic heterocycles. The van der Waals surface area contributed by atoms with Gasteiger partial charge in [-0.3, -0.25) is 0 Å². The molecule has 0 aliphatic rings. The van der Waals surface area contributed by atoms with Gasteiger partial charge in [-0.05, 0) is 153 Å². The Labute approximate surface area is 302 Å². The van der Waals surface area contributed by atoms with E-state index in [1.54, 1.807) is 14.2 Å². The fraction of sp³-hybridized carbons (Fsp3) is 0.0400. The maximum atomic E-state index is 5.56. The number of hydrogen-bond donors (Lipinski definition) is 0. The number of hydrogen-bond acceptors (Lipinski definition) is 2. The maximum absolute atomic E-state index is 5.56. The number of ether oxygens (including phenoxy) is 2. The van der Waals surface area contributed by atoms with Crippen LogP contribution < -0.4 is 9.47 Å². The highest BCUT2D eigenvalue weighted by Gasteiger charge is 2.20. The first-order valence-electron chi connectivity index (χ1n) is 17.7. The van der Waals surface area contributed by atoms with Gasteiger partial charge in [0, 0.05) is 0 Å². The van der Waals surface area contributed by atoms with Gasteiger partial charge in [-0.15, -0.1) is 0 Å². The van der Waals surface area contributed by atoms with Crippen LogP contribution in [0.5, 0.6) is 11.5 Å². The molecule has 0 saturated heterocycles. The molecule has 0 heterocycles. The molecule has 0 amide bonds. The minimum atomic E-state index is 0.862. The van der Waals surface area contributed by atoms with E-state index in [2.05, 4.69) is 158 Å². The van der Waals surface area contributed by atoms with Gasteiger partial charge in [0.1, 0.15) is 11.5 Å². The van der Waals surface area contributed by atoms with E-state index in [1.165, 1.54) is 87.2 Å². The molecule has 0 spiro atoms. The van der Waals surface area contributed by atoms with E-state index in [9.17, 15) is 0 Å². The van der Waals surface area contributed by atoms with E-state index < -0.39 is 0 Å². The molecule has 0 bridgehead atoms. The number of benzene rings is 10. The third kappa shape index (κ3) is 4.80. The van der Waals surface area contributed by atoms with Gasteiger partial charge >= 0.3 is 0 Å². The second-order valence-corrected chi connectivity index (χ2v) is 13.6. The van der Waals surface area contributed by atoms with Crippen molar-refractivity contribution < 1.29 is 9.47 Å². The molecule has 246 valence electrons. The molecule has 0 saturated carbocycles. The van der Waals surface area contributed by atoms with Crippen LogP contribution in [-0.4, -0.2) is 14.2 Å². The van der Waals surface area contributed by atoms with Crippen molar-refractivity contribution in [2.75, 3.05) is 14.2 Å². The Kier molecular flexibility index (Phi) is 6.97. The minimum Gasteiger partial charge on any atom is -0.497 e. The molecule has 10 aromatic carbocycles. The summed E-state index contributed by atoms with van der Waals surface area (Å²) in [5, 5.41) is 14.6. The highest BCUT2D eigenvalue weighted by Crippen LogP contribution is 2.48. The van der Waals surface area contributed by atoms with Crippen molar-refractivity contribution in [3.05, 3.63) is 170 Å². The molecule has 2 heteroatoms. The summed E-state index contributed by atoms with van der Waals surface area (Å²) in [5.41, 5.74) is 7.32. The molecule has 10 aromatic rings. The zero-order chi connectivity index (χ0) is 34.8. The lowest BCUT2D eigenvalue weighted by Gasteiger charge is -2.20. The van der Waals surface area contributed by atoms with Crippen LogP contribution in [-0.2, 0) is 0 Å². The van der Waals surface area contributed by atoms with Gasteiger partial charge in [0.15, 0.2) is 0 Å². The normalized spacial score (nSPS) is 11.7. The Morgan fingerprint density at radius 1 is 0.288 bits per heavy atom. The van der Waals surface area contributed by atoms with Gasteiger partial charge in [0.2, 0.25) is 0 Å². The quantitative estimate of drug-likeness (QED) is 0.134. The molecule has 2 nitrogen and oxygen atoms in total. The first kappa shape index (κ1) is 30.2. The highest BCUT2D eigenvalue weighted by molar-refractivity contribution is 6.27. The minimum absolute atomic E-state index is 0.862. The van der Waals surface area contributed by atoms with Gasteiger partial charge in [-0.25, -0.2) is 0 Å². The summed E-state index contributed by atoms with van der Waals surface area (Å²) in [4.78, 5) is 0. The summed E-state index contributed by atoms with van der Waals surface area (Å²) >= 11 is 0. The van der Waals surface area contributed by atoms with E-state index >= 15 is 0 Å². The Morgan fingerprint density at radius 3 is 1.35 bits per heavy atom. The summed E-state index contributed by atoms with van der Waals surface area (Å²) < 4.78 is 11.1. The van der Waals surface area contributed by atoms with Crippen molar-refractivity contribution in [1.29, 1.82) is 0 Å². The molecule has 0 N–H and O–H groups in total. The van der Waals surface area contributed by atoms with E-state index in [0.29, 0.717) is 0 Å².